The van der Waals surface area contributed by atoms with Crippen molar-refractivity contribution in [2.45, 2.75) is 26.4 Å². The van der Waals surface area contributed by atoms with E-state index >= 15 is 0 Å². The van der Waals surface area contributed by atoms with E-state index in [2.05, 4.69) is 19.1 Å². The van der Waals surface area contributed by atoms with Gasteiger partial charge in [-0.15, -0.1) is 0 Å². The van der Waals surface area contributed by atoms with Crippen LogP contribution in [-0.4, -0.2) is 11.2 Å². The molecule has 0 heterocycles. The molecule has 0 amide bonds. The molecule has 0 aliphatic rings. The lowest BCUT2D eigenvalue weighted by atomic mass is 9.97. The molecule has 12 heavy (non-hydrogen) atoms. The summed E-state index contributed by atoms with van der Waals surface area (Å²) in [5.74, 6) is 0.340. The van der Waals surface area contributed by atoms with Crippen LogP contribution in [0, 0.1) is 5.92 Å². The van der Waals surface area contributed by atoms with Crippen molar-refractivity contribution < 1.29 is 5.11 Å². The van der Waals surface area contributed by atoms with E-state index in [1.165, 1.54) is 5.56 Å². The fourth-order valence-electron chi connectivity index (χ4n) is 1.16. The Balaban J connectivity index is 2.53. The summed E-state index contributed by atoms with van der Waals surface area (Å²) < 4.78 is 0. The van der Waals surface area contributed by atoms with Gasteiger partial charge in [-0.3, -0.25) is 0 Å². The van der Waals surface area contributed by atoms with Crippen molar-refractivity contribution in [1.82, 2.24) is 0 Å². The number of rotatable bonds is 3. The summed E-state index contributed by atoms with van der Waals surface area (Å²) in [7, 11) is 0. The van der Waals surface area contributed by atoms with Crippen molar-refractivity contribution in [3.63, 3.8) is 0 Å². The molecule has 1 rings (SSSR count). The predicted octanol–water partition coefficient (Wildman–Crippen LogP) is 2.25. The average Bonchev–Trinajstić information content (AvgIpc) is 2.06. The Morgan fingerprint density at radius 2 is 1.75 bits per heavy atom. The summed E-state index contributed by atoms with van der Waals surface area (Å²) in [5, 5.41) is 9.28. The normalized spacial score (nSPS) is 15.6. The van der Waals surface area contributed by atoms with Crippen molar-refractivity contribution in [3.05, 3.63) is 35.9 Å². The minimum atomic E-state index is -0.217. The van der Waals surface area contributed by atoms with Crippen LogP contribution in [0.15, 0.2) is 30.3 Å². The molecular formula is C11H16O. The highest BCUT2D eigenvalue weighted by atomic mass is 16.3. The summed E-state index contributed by atoms with van der Waals surface area (Å²) in [6, 6.07) is 10.3. The first-order valence-corrected chi connectivity index (χ1v) is 4.42. The zero-order chi connectivity index (χ0) is 8.97. The van der Waals surface area contributed by atoms with Gasteiger partial charge in [0.05, 0.1) is 6.10 Å². The number of benzene rings is 1. The number of hydrogen-bond donors (Lipinski definition) is 1. The van der Waals surface area contributed by atoms with E-state index in [4.69, 9.17) is 0 Å². The molecule has 66 valence electrons. The SMILES string of the molecule is C[C@@H](O)[C@@H](C)Cc1ccccc1. The smallest absolute Gasteiger partial charge is 0.0540 e. The molecule has 0 bridgehead atoms. The second-order valence-corrected chi connectivity index (χ2v) is 3.41. The van der Waals surface area contributed by atoms with Crippen LogP contribution in [0.5, 0.6) is 0 Å². The quantitative estimate of drug-likeness (QED) is 0.726. The summed E-state index contributed by atoms with van der Waals surface area (Å²) in [4.78, 5) is 0. The number of aliphatic hydroxyl groups is 1. The zero-order valence-corrected chi connectivity index (χ0v) is 7.70. The van der Waals surface area contributed by atoms with Gasteiger partial charge in [-0.1, -0.05) is 37.3 Å². The average molecular weight is 164 g/mol. The predicted molar refractivity (Wildman–Crippen MR) is 51.0 cm³/mol. The maximum atomic E-state index is 9.28. The van der Waals surface area contributed by atoms with Crippen LogP contribution in [0.2, 0.25) is 0 Å². The van der Waals surface area contributed by atoms with Crippen molar-refractivity contribution >= 4 is 0 Å². The second kappa shape index (κ2) is 4.27. The Hall–Kier alpha value is -0.820. The van der Waals surface area contributed by atoms with E-state index in [1.807, 2.05) is 25.1 Å². The zero-order valence-electron chi connectivity index (χ0n) is 7.70. The minimum absolute atomic E-state index is 0.217. The highest BCUT2D eigenvalue weighted by molar-refractivity contribution is 5.15. The molecule has 0 saturated carbocycles. The first-order valence-electron chi connectivity index (χ1n) is 4.42. The van der Waals surface area contributed by atoms with Gasteiger partial charge in [0.1, 0.15) is 0 Å². The third kappa shape index (κ3) is 2.67. The lowest BCUT2D eigenvalue weighted by molar-refractivity contribution is 0.135. The molecule has 1 nitrogen and oxygen atoms in total. The monoisotopic (exact) mass is 164 g/mol. The Morgan fingerprint density at radius 3 is 2.25 bits per heavy atom. The van der Waals surface area contributed by atoms with Gasteiger partial charge >= 0.3 is 0 Å². The van der Waals surface area contributed by atoms with Gasteiger partial charge in [0.25, 0.3) is 0 Å². The lowest BCUT2D eigenvalue weighted by Gasteiger charge is -2.13. The number of aliphatic hydroxyl groups excluding tert-OH is 1. The first-order chi connectivity index (χ1) is 5.70. The maximum absolute atomic E-state index is 9.28. The molecule has 0 fully saturated rings. The second-order valence-electron chi connectivity index (χ2n) is 3.41. The van der Waals surface area contributed by atoms with Crippen LogP contribution in [-0.2, 0) is 6.42 Å². The van der Waals surface area contributed by atoms with Gasteiger partial charge in [-0.05, 0) is 24.8 Å². The highest BCUT2D eigenvalue weighted by Gasteiger charge is 2.08. The molecule has 0 radical (unpaired) electrons. The minimum Gasteiger partial charge on any atom is -0.393 e. The summed E-state index contributed by atoms with van der Waals surface area (Å²) in [6.45, 7) is 3.91. The van der Waals surface area contributed by atoms with Crippen LogP contribution in [0.1, 0.15) is 19.4 Å². The maximum Gasteiger partial charge on any atom is 0.0540 e. The molecule has 1 aromatic rings. The molecule has 1 aromatic carbocycles. The molecule has 0 unspecified atom stereocenters. The summed E-state index contributed by atoms with van der Waals surface area (Å²) in [6.07, 6.45) is 0.739. The molecule has 0 aliphatic carbocycles. The van der Waals surface area contributed by atoms with Gasteiger partial charge in [0, 0.05) is 0 Å². The van der Waals surface area contributed by atoms with Crippen molar-refractivity contribution in [2.24, 2.45) is 5.92 Å². The Kier molecular flexibility index (Phi) is 3.30. The molecular weight excluding hydrogens is 148 g/mol. The molecule has 0 spiro atoms. The van der Waals surface area contributed by atoms with Crippen molar-refractivity contribution in [1.29, 1.82) is 0 Å². The fourth-order valence-corrected chi connectivity index (χ4v) is 1.16. The largest absolute Gasteiger partial charge is 0.393 e. The molecule has 2 atom stereocenters. The molecule has 1 N–H and O–H groups in total. The van der Waals surface area contributed by atoms with Crippen LogP contribution in [0.3, 0.4) is 0 Å². The summed E-state index contributed by atoms with van der Waals surface area (Å²) >= 11 is 0. The Bertz CT molecular complexity index is 216. The van der Waals surface area contributed by atoms with Crippen molar-refractivity contribution in [2.75, 3.05) is 0 Å². The van der Waals surface area contributed by atoms with Crippen LogP contribution in [0.4, 0.5) is 0 Å². The van der Waals surface area contributed by atoms with E-state index in [0.717, 1.165) is 6.42 Å². The lowest BCUT2D eigenvalue weighted by Crippen LogP contribution is -2.15. The van der Waals surface area contributed by atoms with E-state index < -0.39 is 0 Å². The van der Waals surface area contributed by atoms with E-state index in [9.17, 15) is 5.11 Å². The topological polar surface area (TPSA) is 20.2 Å². The molecule has 1 heteroatoms. The van der Waals surface area contributed by atoms with Gasteiger partial charge < -0.3 is 5.11 Å². The molecule has 0 aliphatic heterocycles. The van der Waals surface area contributed by atoms with Crippen LogP contribution in [0.25, 0.3) is 0 Å². The van der Waals surface area contributed by atoms with E-state index in [0.29, 0.717) is 5.92 Å². The molecule has 0 aromatic heterocycles. The number of hydrogen-bond acceptors (Lipinski definition) is 1. The van der Waals surface area contributed by atoms with Gasteiger partial charge in [0.15, 0.2) is 0 Å². The van der Waals surface area contributed by atoms with E-state index in [-0.39, 0.29) is 6.10 Å². The highest BCUT2D eigenvalue weighted by Crippen LogP contribution is 2.11. The van der Waals surface area contributed by atoms with Crippen LogP contribution < -0.4 is 0 Å². The third-order valence-corrected chi connectivity index (χ3v) is 2.22. The first kappa shape index (κ1) is 9.27. The molecule has 0 saturated heterocycles. The van der Waals surface area contributed by atoms with Gasteiger partial charge in [0.2, 0.25) is 0 Å². The fraction of sp³-hybridized carbons (Fsp3) is 0.455. The standard InChI is InChI=1S/C11H16O/c1-9(10(2)12)8-11-6-4-3-5-7-11/h3-7,9-10,12H,8H2,1-2H3/t9-,10+/m0/s1. The Morgan fingerprint density at radius 1 is 1.17 bits per heavy atom. The van der Waals surface area contributed by atoms with Crippen LogP contribution >= 0.6 is 0 Å². The van der Waals surface area contributed by atoms with Gasteiger partial charge in [-0.2, -0.15) is 0 Å². The summed E-state index contributed by atoms with van der Waals surface area (Å²) in [5.41, 5.74) is 1.30. The van der Waals surface area contributed by atoms with Crippen molar-refractivity contribution in [3.8, 4) is 0 Å². The third-order valence-electron chi connectivity index (χ3n) is 2.22. The van der Waals surface area contributed by atoms with E-state index in [1.54, 1.807) is 0 Å². The Labute approximate surface area is 74.1 Å². The van der Waals surface area contributed by atoms with Gasteiger partial charge in [-0.25, -0.2) is 0 Å².